The number of nitriles is 1. The van der Waals surface area contributed by atoms with E-state index in [0.717, 1.165) is 31.7 Å². The minimum absolute atomic E-state index is 0.204. The molecular formula is C14H16F3N3O. The number of nitrogens with zero attached hydrogens (tertiary/aromatic N) is 3. The topological polar surface area (TPSA) is 39.5 Å². The lowest BCUT2D eigenvalue weighted by Gasteiger charge is -2.33. The Morgan fingerprint density at radius 2 is 1.62 bits per heavy atom. The van der Waals surface area contributed by atoms with Crippen molar-refractivity contribution in [2.24, 2.45) is 0 Å². The standard InChI is InChI=1S/C14H16F3N3O/c15-14(16,17)21-13-3-1-12(2-4-13)11-20-9-7-19(6-5-18)8-10-20/h1-4H,6-11H2. The largest absolute Gasteiger partial charge is 0.573 e. The van der Waals surface area contributed by atoms with Gasteiger partial charge in [-0.2, -0.15) is 5.26 Å². The number of benzene rings is 1. The first-order valence-electron chi connectivity index (χ1n) is 6.62. The molecule has 1 aliphatic heterocycles. The van der Waals surface area contributed by atoms with E-state index in [1.807, 2.05) is 0 Å². The van der Waals surface area contributed by atoms with Crippen molar-refractivity contribution in [1.29, 1.82) is 5.26 Å². The van der Waals surface area contributed by atoms with Crippen LogP contribution >= 0.6 is 0 Å². The minimum Gasteiger partial charge on any atom is -0.406 e. The van der Waals surface area contributed by atoms with Crippen molar-refractivity contribution in [1.82, 2.24) is 9.80 Å². The molecule has 21 heavy (non-hydrogen) atoms. The summed E-state index contributed by atoms with van der Waals surface area (Å²) in [6.07, 6.45) is -4.65. The highest BCUT2D eigenvalue weighted by Crippen LogP contribution is 2.23. The number of ether oxygens (including phenoxy) is 1. The monoisotopic (exact) mass is 299 g/mol. The molecule has 1 heterocycles. The summed E-state index contributed by atoms with van der Waals surface area (Å²) >= 11 is 0. The third-order valence-corrected chi connectivity index (χ3v) is 3.32. The smallest absolute Gasteiger partial charge is 0.406 e. The molecule has 1 saturated heterocycles. The highest BCUT2D eigenvalue weighted by Gasteiger charge is 2.30. The van der Waals surface area contributed by atoms with Gasteiger partial charge < -0.3 is 4.74 Å². The van der Waals surface area contributed by atoms with Crippen LogP contribution in [-0.4, -0.2) is 48.9 Å². The molecule has 0 aromatic heterocycles. The quantitative estimate of drug-likeness (QED) is 0.799. The van der Waals surface area contributed by atoms with Gasteiger partial charge in [-0.25, -0.2) is 0 Å². The van der Waals surface area contributed by atoms with Gasteiger partial charge in [0.15, 0.2) is 0 Å². The summed E-state index contributed by atoms with van der Waals surface area (Å²) in [4.78, 5) is 4.30. The van der Waals surface area contributed by atoms with Crippen molar-refractivity contribution >= 4 is 0 Å². The molecule has 0 radical (unpaired) electrons. The number of halogens is 3. The normalized spacial score (nSPS) is 17.4. The van der Waals surface area contributed by atoms with Crippen molar-refractivity contribution in [3.8, 4) is 11.8 Å². The van der Waals surface area contributed by atoms with Gasteiger partial charge in [-0.1, -0.05) is 12.1 Å². The lowest BCUT2D eigenvalue weighted by molar-refractivity contribution is -0.274. The van der Waals surface area contributed by atoms with Crippen LogP contribution in [0.15, 0.2) is 24.3 Å². The van der Waals surface area contributed by atoms with E-state index in [1.165, 1.54) is 12.1 Å². The van der Waals surface area contributed by atoms with Crippen molar-refractivity contribution in [2.75, 3.05) is 32.7 Å². The Kier molecular flexibility index (Phi) is 5.04. The van der Waals surface area contributed by atoms with Gasteiger partial charge in [0.05, 0.1) is 12.6 Å². The highest BCUT2D eigenvalue weighted by atomic mass is 19.4. The van der Waals surface area contributed by atoms with Gasteiger partial charge in [0, 0.05) is 32.7 Å². The summed E-state index contributed by atoms with van der Waals surface area (Å²) in [5.74, 6) is -0.204. The summed E-state index contributed by atoms with van der Waals surface area (Å²) in [6, 6.07) is 8.07. The predicted octanol–water partition coefficient (Wildman–Crippen LogP) is 2.23. The minimum atomic E-state index is -4.65. The van der Waals surface area contributed by atoms with Gasteiger partial charge in [-0.15, -0.1) is 13.2 Å². The molecule has 1 aromatic carbocycles. The number of hydrogen-bond donors (Lipinski definition) is 0. The van der Waals surface area contributed by atoms with Gasteiger partial charge in [-0.3, -0.25) is 9.80 Å². The number of alkyl halides is 3. The summed E-state index contributed by atoms with van der Waals surface area (Å²) in [5, 5.41) is 8.63. The summed E-state index contributed by atoms with van der Waals surface area (Å²) in [6.45, 7) is 4.50. The van der Waals surface area contributed by atoms with E-state index >= 15 is 0 Å². The van der Waals surface area contributed by atoms with Gasteiger partial charge in [0.1, 0.15) is 5.75 Å². The van der Waals surface area contributed by atoms with E-state index in [2.05, 4.69) is 20.6 Å². The highest BCUT2D eigenvalue weighted by molar-refractivity contribution is 5.27. The molecule has 0 unspecified atom stereocenters. The van der Waals surface area contributed by atoms with E-state index in [1.54, 1.807) is 12.1 Å². The Balaban J connectivity index is 1.83. The average Bonchev–Trinajstić information content (AvgIpc) is 2.42. The first kappa shape index (κ1) is 15.6. The maximum Gasteiger partial charge on any atom is 0.573 e. The maximum atomic E-state index is 12.1. The van der Waals surface area contributed by atoms with Crippen molar-refractivity contribution < 1.29 is 17.9 Å². The van der Waals surface area contributed by atoms with E-state index in [-0.39, 0.29) is 5.75 Å². The fraction of sp³-hybridized carbons (Fsp3) is 0.500. The van der Waals surface area contributed by atoms with E-state index in [9.17, 15) is 13.2 Å². The van der Waals surface area contributed by atoms with Crippen LogP contribution in [-0.2, 0) is 6.54 Å². The van der Waals surface area contributed by atoms with Crippen LogP contribution in [0, 0.1) is 11.3 Å². The zero-order chi connectivity index (χ0) is 15.3. The molecule has 2 rings (SSSR count). The Morgan fingerprint density at radius 3 is 2.14 bits per heavy atom. The molecule has 1 fully saturated rings. The fourth-order valence-corrected chi connectivity index (χ4v) is 2.26. The van der Waals surface area contributed by atoms with Crippen LogP contribution < -0.4 is 4.74 Å². The fourth-order valence-electron chi connectivity index (χ4n) is 2.26. The SMILES string of the molecule is N#CCN1CCN(Cc2ccc(OC(F)(F)F)cc2)CC1. The Bertz CT molecular complexity index is 488. The van der Waals surface area contributed by atoms with Crippen LogP contribution in [0.25, 0.3) is 0 Å². The molecule has 4 nitrogen and oxygen atoms in total. The zero-order valence-corrected chi connectivity index (χ0v) is 11.4. The molecule has 114 valence electrons. The number of piperazine rings is 1. The lowest BCUT2D eigenvalue weighted by Crippen LogP contribution is -2.45. The molecule has 0 amide bonds. The van der Waals surface area contributed by atoms with Crippen LogP contribution in [0.5, 0.6) is 5.75 Å². The van der Waals surface area contributed by atoms with Crippen molar-refractivity contribution in [3.05, 3.63) is 29.8 Å². The van der Waals surface area contributed by atoms with Crippen molar-refractivity contribution in [3.63, 3.8) is 0 Å². The van der Waals surface area contributed by atoms with Crippen LogP contribution in [0.3, 0.4) is 0 Å². The van der Waals surface area contributed by atoms with Crippen molar-refractivity contribution in [2.45, 2.75) is 12.9 Å². The molecule has 0 saturated carbocycles. The second-order valence-corrected chi connectivity index (χ2v) is 4.90. The third kappa shape index (κ3) is 5.25. The molecule has 0 aliphatic carbocycles. The molecule has 0 spiro atoms. The summed E-state index contributed by atoms with van der Waals surface area (Å²) in [5.41, 5.74) is 0.943. The van der Waals surface area contributed by atoms with Gasteiger partial charge in [0.2, 0.25) is 0 Å². The molecule has 0 bridgehead atoms. The third-order valence-electron chi connectivity index (χ3n) is 3.32. The Labute approximate surface area is 121 Å². The van der Waals surface area contributed by atoms with E-state index in [0.29, 0.717) is 13.1 Å². The Morgan fingerprint density at radius 1 is 1.05 bits per heavy atom. The second-order valence-electron chi connectivity index (χ2n) is 4.90. The van der Waals surface area contributed by atoms with Crippen LogP contribution in [0.1, 0.15) is 5.56 Å². The number of rotatable bonds is 4. The van der Waals surface area contributed by atoms with E-state index < -0.39 is 6.36 Å². The van der Waals surface area contributed by atoms with Gasteiger partial charge in [0.25, 0.3) is 0 Å². The first-order valence-corrected chi connectivity index (χ1v) is 6.62. The van der Waals surface area contributed by atoms with Crippen LogP contribution in [0.4, 0.5) is 13.2 Å². The summed E-state index contributed by atoms with van der Waals surface area (Å²) < 4.78 is 40.0. The second kappa shape index (κ2) is 6.78. The molecule has 1 aliphatic rings. The number of hydrogen-bond acceptors (Lipinski definition) is 4. The first-order chi connectivity index (χ1) is 9.96. The molecule has 1 aromatic rings. The maximum absolute atomic E-state index is 12.1. The van der Waals surface area contributed by atoms with Gasteiger partial charge >= 0.3 is 6.36 Å². The molecule has 0 atom stereocenters. The van der Waals surface area contributed by atoms with Gasteiger partial charge in [-0.05, 0) is 17.7 Å². The molecule has 7 heteroatoms. The molecule has 0 N–H and O–H groups in total. The van der Waals surface area contributed by atoms with Crippen LogP contribution in [0.2, 0.25) is 0 Å². The predicted molar refractivity (Wildman–Crippen MR) is 70.5 cm³/mol. The molecular weight excluding hydrogens is 283 g/mol. The average molecular weight is 299 g/mol. The summed E-state index contributed by atoms with van der Waals surface area (Å²) in [7, 11) is 0. The Hall–Kier alpha value is -1.78. The lowest BCUT2D eigenvalue weighted by atomic mass is 10.2. The van der Waals surface area contributed by atoms with E-state index in [4.69, 9.17) is 5.26 Å². The zero-order valence-electron chi connectivity index (χ0n) is 11.4.